The molecule has 0 amide bonds. The molecule has 2 heterocycles. The number of aromatic nitrogens is 1. The smallest absolute Gasteiger partial charge is 0.213 e. The largest absolute Gasteiger partial charge is 0.450 e. The third-order valence-corrected chi connectivity index (χ3v) is 8.16. The van der Waals surface area contributed by atoms with Crippen LogP contribution in [0.1, 0.15) is 5.56 Å². The summed E-state index contributed by atoms with van der Waals surface area (Å²) < 4.78 is 8.50. The number of furan rings is 1. The predicted molar refractivity (Wildman–Crippen MR) is 165 cm³/mol. The van der Waals surface area contributed by atoms with Gasteiger partial charge >= 0.3 is 0 Å². The van der Waals surface area contributed by atoms with Crippen LogP contribution in [0, 0.1) is 6.92 Å². The molecule has 0 fully saturated rings. The first-order valence-corrected chi connectivity index (χ1v) is 13.4. The third-order valence-electron chi connectivity index (χ3n) is 8.16. The van der Waals surface area contributed by atoms with Gasteiger partial charge in [-0.25, -0.2) is 0 Å². The first-order valence-electron chi connectivity index (χ1n) is 13.4. The summed E-state index contributed by atoms with van der Waals surface area (Å²) in [5.74, 6) is 0. The average molecular weight is 501 g/mol. The van der Waals surface area contributed by atoms with Crippen LogP contribution in [0.25, 0.3) is 75.9 Å². The molecule has 0 aliphatic carbocycles. The Morgan fingerprint density at radius 1 is 0.462 bits per heavy atom. The number of fused-ring (bicyclic) bond motifs is 15. The van der Waals surface area contributed by atoms with Crippen LogP contribution in [-0.4, -0.2) is 0 Å². The molecule has 6 aromatic carbocycles. The molecule has 0 saturated heterocycles. The van der Waals surface area contributed by atoms with E-state index in [2.05, 4.69) is 140 Å². The van der Waals surface area contributed by atoms with Gasteiger partial charge in [0, 0.05) is 22.2 Å². The van der Waals surface area contributed by atoms with Gasteiger partial charge in [-0.05, 0) is 92.0 Å². The molecular formula is C37H26NO+. The highest BCUT2D eigenvalue weighted by Gasteiger charge is 2.14. The molecule has 39 heavy (non-hydrogen) atoms. The van der Waals surface area contributed by atoms with E-state index >= 15 is 0 Å². The zero-order valence-electron chi connectivity index (χ0n) is 21.9. The Balaban J connectivity index is 1.65. The van der Waals surface area contributed by atoms with Crippen molar-refractivity contribution in [3.63, 3.8) is 0 Å². The highest BCUT2D eigenvalue weighted by molar-refractivity contribution is 6.10. The Kier molecular flexibility index (Phi) is 4.68. The zero-order chi connectivity index (χ0) is 26.1. The Hall–Kier alpha value is -4.95. The number of nitrogens with zero attached hydrogens (tertiary/aromatic N) is 1. The molecule has 0 radical (unpaired) electrons. The Morgan fingerprint density at radius 3 is 1.49 bits per heavy atom. The summed E-state index contributed by atoms with van der Waals surface area (Å²) in [7, 11) is 2.10. The summed E-state index contributed by atoms with van der Waals surface area (Å²) in [6, 6.07) is 42.2. The minimum Gasteiger partial charge on any atom is -0.450 e. The average Bonchev–Trinajstić information content (AvgIpc) is 3.33. The number of hydrogen-bond acceptors (Lipinski definition) is 1. The van der Waals surface area contributed by atoms with Gasteiger partial charge in [-0.1, -0.05) is 72.8 Å². The lowest BCUT2D eigenvalue weighted by atomic mass is 10.0. The Labute approximate surface area is 225 Å². The van der Waals surface area contributed by atoms with Gasteiger partial charge in [0.15, 0.2) is 5.58 Å². The number of benzene rings is 5. The molecule has 0 aliphatic rings. The van der Waals surface area contributed by atoms with Gasteiger partial charge in [-0.15, -0.1) is 0 Å². The molecule has 0 N–H and O–H groups in total. The van der Waals surface area contributed by atoms with Crippen LogP contribution in [0.4, 0.5) is 0 Å². The molecule has 0 unspecified atom stereocenters. The highest BCUT2D eigenvalue weighted by Crippen LogP contribution is 2.32. The van der Waals surface area contributed by atoms with E-state index in [0.717, 1.165) is 21.9 Å². The lowest BCUT2D eigenvalue weighted by Gasteiger charge is -2.03. The van der Waals surface area contributed by atoms with E-state index in [9.17, 15) is 0 Å². The van der Waals surface area contributed by atoms with Crippen LogP contribution in [0.3, 0.4) is 0 Å². The van der Waals surface area contributed by atoms with Crippen molar-refractivity contribution in [3.8, 4) is 0 Å². The van der Waals surface area contributed by atoms with Gasteiger partial charge in [0.05, 0.1) is 0 Å². The lowest BCUT2D eigenvalue weighted by Crippen LogP contribution is -2.27. The fourth-order valence-corrected chi connectivity index (χ4v) is 6.02. The monoisotopic (exact) mass is 500 g/mol. The molecular weight excluding hydrogens is 474 g/mol. The second kappa shape index (κ2) is 8.28. The second-order valence-corrected chi connectivity index (χ2v) is 10.6. The van der Waals surface area contributed by atoms with Gasteiger partial charge in [-0.3, -0.25) is 0 Å². The minimum atomic E-state index is 0.898. The molecule has 2 aromatic heterocycles. The summed E-state index contributed by atoms with van der Waals surface area (Å²) in [5, 5.41) is 13.2. The molecule has 0 spiro atoms. The zero-order valence-corrected chi connectivity index (χ0v) is 21.9. The molecule has 184 valence electrons. The summed E-state index contributed by atoms with van der Waals surface area (Å²) in [6.45, 7) is 2.19. The van der Waals surface area contributed by atoms with Crippen LogP contribution in [0.5, 0.6) is 0 Å². The van der Waals surface area contributed by atoms with Gasteiger partial charge in [-0.2, -0.15) is 4.57 Å². The molecule has 12 bridgehead atoms. The highest BCUT2D eigenvalue weighted by atomic mass is 16.3. The van der Waals surface area contributed by atoms with Crippen LogP contribution < -0.4 is 4.57 Å². The van der Waals surface area contributed by atoms with E-state index in [-0.39, 0.29) is 0 Å². The van der Waals surface area contributed by atoms with Crippen LogP contribution in [0.15, 0.2) is 126 Å². The van der Waals surface area contributed by atoms with Crippen molar-refractivity contribution in [3.05, 3.63) is 127 Å². The molecule has 0 atom stereocenters. The molecule has 8 aromatic rings. The summed E-state index contributed by atoms with van der Waals surface area (Å²) in [5.41, 5.74) is 4.22. The maximum atomic E-state index is 6.32. The van der Waals surface area contributed by atoms with Gasteiger partial charge in [0.2, 0.25) is 11.7 Å². The van der Waals surface area contributed by atoms with E-state index in [0.29, 0.717) is 0 Å². The molecule has 2 heteroatoms. The van der Waals surface area contributed by atoms with Crippen molar-refractivity contribution in [1.29, 1.82) is 0 Å². The Bertz CT molecular complexity index is 2360. The van der Waals surface area contributed by atoms with Gasteiger partial charge in [0.1, 0.15) is 12.6 Å². The van der Waals surface area contributed by atoms with Crippen LogP contribution in [0.2, 0.25) is 0 Å². The van der Waals surface area contributed by atoms with Crippen molar-refractivity contribution in [2.75, 3.05) is 0 Å². The van der Waals surface area contributed by atoms with Crippen molar-refractivity contribution >= 4 is 75.9 Å². The van der Waals surface area contributed by atoms with Crippen LogP contribution in [-0.2, 0) is 7.05 Å². The van der Waals surface area contributed by atoms with Crippen molar-refractivity contribution in [2.45, 2.75) is 6.92 Å². The summed E-state index contributed by atoms with van der Waals surface area (Å²) in [4.78, 5) is 0. The first kappa shape index (κ1) is 22.1. The van der Waals surface area contributed by atoms with E-state index < -0.39 is 0 Å². The maximum Gasteiger partial charge on any atom is 0.213 e. The molecule has 8 rings (SSSR count). The van der Waals surface area contributed by atoms with E-state index in [1.807, 2.05) is 0 Å². The molecule has 2 nitrogen and oxygen atoms in total. The minimum absolute atomic E-state index is 0.898. The standard InChI is InChI=1S/C37H26NO/c1-23-12-13-30-19-32(23)35-21-34-33-20-31(14-15-36(33)39-37(34)22-38(35)2)29-11-5-9-27(18-29)25-7-3-6-24(16-25)26-8-4-10-28(30)17-26/h3-22H,1-2H3/q+1. The second-order valence-electron chi connectivity index (χ2n) is 10.6. The number of pyridine rings is 1. The number of rotatable bonds is 0. The molecule has 0 aliphatic heterocycles. The summed E-state index contributed by atoms with van der Waals surface area (Å²) in [6.07, 6.45) is 2.11. The predicted octanol–water partition coefficient (Wildman–Crippen LogP) is 9.61. The number of hydrogen-bond donors (Lipinski definition) is 0. The SMILES string of the molecule is Cc1ccc2cc1c1cc3c(c[n+]1C)oc1ccc(cc13)c1cccc(c1)c1cccc(c1)c1cccc2c1. The number of aryl methyl sites for hydroxylation is 2. The van der Waals surface area contributed by atoms with Crippen molar-refractivity contribution in [2.24, 2.45) is 7.05 Å². The fraction of sp³-hybridized carbons (Fsp3) is 0.0541. The van der Waals surface area contributed by atoms with Gasteiger partial charge < -0.3 is 4.42 Å². The van der Waals surface area contributed by atoms with Crippen molar-refractivity contribution in [1.82, 2.24) is 0 Å². The van der Waals surface area contributed by atoms with E-state index in [4.69, 9.17) is 4.42 Å². The topological polar surface area (TPSA) is 17.0 Å². The quantitative estimate of drug-likeness (QED) is 0.189. The third kappa shape index (κ3) is 3.53. The summed E-state index contributed by atoms with van der Waals surface area (Å²) >= 11 is 0. The van der Waals surface area contributed by atoms with Gasteiger partial charge in [0.25, 0.3) is 0 Å². The molecule has 0 saturated carbocycles. The normalized spacial score (nSPS) is 11.8. The van der Waals surface area contributed by atoms with E-state index in [1.165, 1.54) is 59.6 Å². The Morgan fingerprint density at radius 2 is 0.923 bits per heavy atom. The first-order chi connectivity index (χ1) is 19.1. The van der Waals surface area contributed by atoms with Crippen LogP contribution >= 0.6 is 0 Å². The lowest BCUT2D eigenvalue weighted by molar-refractivity contribution is -0.643. The fourth-order valence-electron chi connectivity index (χ4n) is 6.02. The maximum absolute atomic E-state index is 6.32. The van der Waals surface area contributed by atoms with Crippen molar-refractivity contribution < 1.29 is 8.98 Å². The van der Waals surface area contributed by atoms with E-state index in [1.54, 1.807) is 0 Å².